The van der Waals surface area contributed by atoms with Gasteiger partial charge in [-0.05, 0) is 30.3 Å². The van der Waals surface area contributed by atoms with Gasteiger partial charge in [0.2, 0.25) is 5.55 Å². The summed E-state index contributed by atoms with van der Waals surface area (Å²) in [6, 6.07) is 13.0. The number of carbonyl (C=O) groups excluding carboxylic acids is 1. The summed E-state index contributed by atoms with van der Waals surface area (Å²) in [7, 11) is 1.51. The Labute approximate surface area is 131 Å². The number of benzene rings is 2. The van der Waals surface area contributed by atoms with Crippen LogP contribution >= 0.6 is 0 Å². The fourth-order valence-corrected chi connectivity index (χ4v) is 2.22. The molecule has 23 heavy (non-hydrogen) atoms. The summed E-state index contributed by atoms with van der Waals surface area (Å²) in [5.41, 5.74) is 0.652. The number of hydrogen-bond donors (Lipinski definition) is 3. The van der Waals surface area contributed by atoms with Crippen LogP contribution in [0.2, 0.25) is 0 Å². The molecule has 0 fully saturated rings. The fraction of sp³-hybridized carbons (Fsp3) is 0.0588. The first kappa shape index (κ1) is 14.6. The third-order valence-electron chi connectivity index (χ3n) is 3.35. The van der Waals surface area contributed by atoms with E-state index in [1.54, 1.807) is 36.4 Å². The molecule has 0 saturated heterocycles. The average molecular weight is 310 g/mol. The number of methoxy groups -OCH3 is 1. The molecule has 6 heteroatoms. The molecule has 0 unspecified atom stereocenters. The lowest BCUT2D eigenvalue weighted by Crippen LogP contribution is -2.21. The van der Waals surface area contributed by atoms with Crippen LogP contribution < -0.4 is 15.6 Å². The average Bonchev–Trinajstić information content (AvgIpc) is 2.54. The van der Waals surface area contributed by atoms with E-state index in [0.29, 0.717) is 22.4 Å². The van der Waals surface area contributed by atoms with Gasteiger partial charge in [-0.25, -0.2) is 0 Å². The van der Waals surface area contributed by atoms with E-state index >= 15 is 0 Å². The summed E-state index contributed by atoms with van der Waals surface area (Å²) in [5.74, 6) is 0.0835. The molecule has 0 aliphatic rings. The third kappa shape index (κ3) is 2.87. The second-order valence-electron chi connectivity index (χ2n) is 4.87. The van der Waals surface area contributed by atoms with Crippen molar-refractivity contribution < 1.29 is 19.1 Å². The van der Waals surface area contributed by atoms with Gasteiger partial charge in [0.05, 0.1) is 12.8 Å². The number of phenolic OH excluding ortho intramolecular Hbond substituents is 1. The molecule has 1 aromatic heterocycles. The monoisotopic (exact) mass is 310 g/mol. The van der Waals surface area contributed by atoms with Crippen LogP contribution in [0.5, 0.6) is 11.5 Å². The van der Waals surface area contributed by atoms with Crippen LogP contribution in [-0.2, 0) is 0 Å². The highest BCUT2D eigenvalue weighted by molar-refractivity contribution is 6.06. The van der Waals surface area contributed by atoms with Crippen LogP contribution in [0.4, 0.5) is 5.69 Å². The predicted octanol–water partition coefficient (Wildman–Crippen LogP) is 2.88. The van der Waals surface area contributed by atoms with Crippen LogP contribution in [0.25, 0.3) is 11.0 Å². The Morgan fingerprint density at radius 3 is 2.78 bits per heavy atom. The summed E-state index contributed by atoms with van der Waals surface area (Å²) >= 11 is 0. The maximum Gasteiger partial charge on any atom is 0.261 e. The van der Waals surface area contributed by atoms with Gasteiger partial charge < -0.3 is 19.6 Å². The summed E-state index contributed by atoms with van der Waals surface area (Å²) < 4.78 is 10.5. The van der Waals surface area contributed by atoms with Crippen molar-refractivity contribution in [3.63, 3.8) is 0 Å². The molecule has 0 bridgehead atoms. The number of amides is 1. The highest BCUT2D eigenvalue weighted by atomic mass is 16.5. The zero-order valence-corrected chi connectivity index (χ0v) is 12.3. The molecule has 3 rings (SSSR count). The van der Waals surface area contributed by atoms with Crippen molar-refractivity contribution in [2.24, 2.45) is 0 Å². The normalized spacial score (nSPS) is 10.5. The fourth-order valence-electron chi connectivity index (χ4n) is 2.22. The molecule has 0 spiro atoms. The lowest BCUT2D eigenvalue weighted by atomic mass is 10.1. The smallest absolute Gasteiger partial charge is 0.261 e. The van der Waals surface area contributed by atoms with Gasteiger partial charge in [-0.15, -0.1) is 0 Å². The van der Waals surface area contributed by atoms with E-state index in [-0.39, 0.29) is 16.9 Å². The molecule has 116 valence electrons. The molecule has 0 aliphatic carbocycles. The molecule has 6 nitrogen and oxygen atoms in total. The summed E-state index contributed by atoms with van der Waals surface area (Å²) in [6.45, 7) is 0. The van der Waals surface area contributed by atoms with Gasteiger partial charge >= 0.3 is 0 Å². The number of para-hydroxylation sites is 2. The largest absolute Gasteiger partial charge is 0.508 e. The second-order valence-corrected chi connectivity index (χ2v) is 4.87. The van der Waals surface area contributed by atoms with Crippen LogP contribution in [0.1, 0.15) is 10.4 Å². The van der Waals surface area contributed by atoms with Crippen molar-refractivity contribution in [2.45, 2.75) is 0 Å². The number of phenols is 1. The van der Waals surface area contributed by atoms with Crippen molar-refractivity contribution in [1.82, 2.24) is 0 Å². The highest BCUT2D eigenvalue weighted by Crippen LogP contribution is 2.24. The Morgan fingerprint density at radius 1 is 1.22 bits per heavy atom. The summed E-state index contributed by atoms with van der Waals surface area (Å²) in [6.07, 6.45) is 0. The topological polar surface area (TPSA) is 95.6 Å². The predicted molar refractivity (Wildman–Crippen MR) is 84.7 cm³/mol. The zero-order valence-electron chi connectivity index (χ0n) is 12.3. The van der Waals surface area contributed by atoms with Gasteiger partial charge in [0.25, 0.3) is 5.91 Å². The highest BCUT2D eigenvalue weighted by Gasteiger charge is 2.14. The van der Waals surface area contributed by atoms with E-state index in [2.05, 4.69) is 5.32 Å². The zero-order chi connectivity index (χ0) is 16.4. The Hall–Kier alpha value is -3.28. The molecule has 2 aromatic carbocycles. The van der Waals surface area contributed by atoms with Gasteiger partial charge in [0.1, 0.15) is 22.6 Å². The Balaban J connectivity index is 1.99. The Bertz CT molecular complexity index is 947. The molecule has 3 N–H and O–H groups in total. The van der Waals surface area contributed by atoms with E-state index in [1.807, 2.05) is 0 Å². The lowest BCUT2D eigenvalue weighted by Gasteiger charge is -2.10. The minimum absolute atomic E-state index is 0.0341. The number of ether oxygens (including phenoxy) is 1. The number of anilines is 1. The molecular formula is C17H14N2O4. The Morgan fingerprint density at radius 2 is 2.00 bits per heavy atom. The van der Waals surface area contributed by atoms with Crippen LogP contribution in [0.3, 0.4) is 0 Å². The minimum atomic E-state index is -0.474. The van der Waals surface area contributed by atoms with E-state index in [4.69, 9.17) is 14.6 Å². The maximum absolute atomic E-state index is 12.4. The lowest BCUT2D eigenvalue weighted by molar-refractivity contribution is 0.102. The van der Waals surface area contributed by atoms with E-state index < -0.39 is 5.91 Å². The first-order valence-corrected chi connectivity index (χ1v) is 6.84. The quantitative estimate of drug-likeness (QED) is 0.693. The van der Waals surface area contributed by atoms with Crippen molar-refractivity contribution in [3.8, 4) is 11.5 Å². The molecular weight excluding hydrogens is 296 g/mol. The van der Waals surface area contributed by atoms with Crippen LogP contribution in [0, 0.1) is 5.41 Å². The number of carbonyl (C=O) groups is 1. The molecule has 1 amide bonds. The van der Waals surface area contributed by atoms with E-state index in [9.17, 15) is 9.90 Å². The third-order valence-corrected chi connectivity index (χ3v) is 3.35. The Kier molecular flexibility index (Phi) is 3.72. The van der Waals surface area contributed by atoms with Crippen molar-refractivity contribution in [2.75, 3.05) is 12.4 Å². The maximum atomic E-state index is 12.4. The van der Waals surface area contributed by atoms with Gasteiger partial charge in [-0.3, -0.25) is 10.2 Å². The van der Waals surface area contributed by atoms with Gasteiger partial charge in [-0.1, -0.05) is 12.1 Å². The SMILES string of the molecule is COc1ccccc1NC(=O)c1cc2ccc(O)cc2oc1=N. The molecule has 0 atom stereocenters. The standard InChI is InChI=1S/C17H14N2O4/c1-22-14-5-3-2-4-13(14)19-17(21)12-8-10-6-7-11(20)9-15(10)23-16(12)18/h2-9,18,20H,1H3,(H,19,21). The first-order chi connectivity index (χ1) is 11.1. The summed E-state index contributed by atoms with van der Waals surface area (Å²) in [4.78, 5) is 12.4. The van der Waals surface area contributed by atoms with Crippen molar-refractivity contribution in [3.05, 3.63) is 59.6 Å². The van der Waals surface area contributed by atoms with Crippen molar-refractivity contribution >= 4 is 22.6 Å². The number of rotatable bonds is 3. The summed E-state index contributed by atoms with van der Waals surface area (Å²) in [5, 5.41) is 20.6. The molecule has 3 aromatic rings. The molecule has 0 aliphatic heterocycles. The number of hydrogen-bond acceptors (Lipinski definition) is 5. The number of aromatic hydroxyl groups is 1. The number of fused-ring (bicyclic) bond motifs is 1. The van der Waals surface area contributed by atoms with Crippen LogP contribution in [0.15, 0.2) is 52.9 Å². The van der Waals surface area contributed by atoms with Crippen LogP contribution in [-0.4, -0.2) is 18.1 Å². The molecule has 1 heterocycles. The van der Waals surface area contributed by atoms with Gasteiger partial charge in [0.15, 0.2) is 0 Å². The van der Waals surface area contributed by atoms with Crippen molar-refractivity contribution in [1.29, 1.82) is 5.41 Å². The van der Waals surface area contributed by atoms with E-state index in [1.165, 1.54) is 19.2 Å². The van der Waals surface area contributed by atoms with Gasteiger partial charge in [-0.2, -0.15) is 0 Å². The first-order valence-electron chi connectivity index (χ1n) is 6.84. The van der Waals surface area contributed by atoms with Gasteiger partial charge in [0, 0.05) is 11.5 Å². The number of nitrogens with one attached hydrogen (secondary N) is 2. The van der Waals surface area contributed by atoms with E-state index in [0.717, 1.165) is 0 Å². The molecule has 0 saturated carbocycles. The second kappa shape index (κ2) is 5.84. The molecule has 0 radical (unpaired) electrons. The minimum Gasteiger partial charge on any atom is -0.508 e.